The Hall–Kier alpha value is -2.57. The van der Waals surface area contributed by atoms with Gasteiger partial charge in [-0.15, -0.1) is 0 Å². The molecule has 2 aromatic rings. The number of para-hydroxylation sites is 2. The van der Waals surface area contributed by atoms with Crippen molar-refractivity contribution in [1.82, 2.24) is 14.9 Å². The molecule has 1 aromatic carbocycles. The molecule has 7 heteroatoms. The zero-order chi connectivity index (χ0) is 18.9. The van der Waals surface area contributed by atoms with Crippen molar-refractivity contribution in [2.24, 2.45) is 0 Å². The highest BCUT2D eigenvalue weighted by Crippen LogP contribution is 2.29. The summed E-state index contributed by atoms with van der Waals surface area (Å²) < 4.78 is 11.0. The molecule has 1 saturated heterocycles. The van der Waals surface area contributed by atoms with Gasteiger partial charge >= 0.3 is 6.09 Å². The van der Waals surface area contributed by atoms with Gasteiger partial charge in [-0.1, -0.05) is 12.1 Å². The molecule has 0 unspecified atom stereocenters. The smallest absolute Gasteiger partial charge is 0.410 e. The zero-order valence-electron chi connectivity index (χ0n) is 16.0. The monoisotopic (exact) mass is 358 g/mol. The van der Waals surface area contributed by atoms with Gasteiger partial charge in [0.1, 0.15) is 5.60 Å². The number of nitrogens with zero attached hydrogens (tertiary/aromatic N) is 4. The molecular formula is C19H26N4O3. The Balaban J connectivity index is 1.80. The van der Waals surface area contributed by atoms with Crippen molar-refractivity contribution >= 4 is 22.9 Å². The molecule has 1 amide bonds. The van der Waals surface area contributed by atoms with Crippen molar-refractivity contribution in [3.8, 4) is 5.88 Å². The van der Waals surface area contributed by atoms with Crippen LogP contribution in [-0.2, 0) is 4.74 Å². The molecule has 0 aliphatic carbocycles. The quantitative estimate of drug-likeness (QED) is 0.822. The van der Waals surface area contributed by atoms with Crippen LogP contribution in [0.4, 0.5) is 10.6 Å². The lowest BCUT2D eigenvalue weighted by molar-refractivity contribution is 0.0158. The number of hydrogen-bond acceptors (Lipinski definition) is 6. The number of fused-ring (bicyclic) bond motifs is 1. The molecule has 7 nitrogen and oxygen atoms in total. The number of hydrogen-bond donors (Lipinski definition) is 0. The number of rotatable bonds is 2. The predicted molar refractivity (Wildman–Crippen MR) is 101 cm³/mol. The third-order valence-electron chi connectivity index (χ3n) is 4.27. The van der Waals surface area contributed by atoms with E-state index in [9.17, 15) is 4.79 Å². The van der Waals surface area contributed by atoms with Crippen molar-refractivity contribution in [2.45, 2.75) is 39.3 Å². The Bertz CT molecular complexity index is 803. The van der Waals surface area contributed by atoms with Gasteiger partial charge in [0.25, 0.3) is 5.88 Å². The SMILES string of the molecule is COc1nc2ccccc2nc1N1CCN(C(=O)OC(C)(C)C)[C@H](C)C1. The number of benzene rings is 1. The van der Waals surface area contributed by atoms with Gasteiger partial charge in [0, 0.05) is 25.7 Å². The average molecular weight is 358 g/mol. The Labute approximate surface area is 153 Å². The van der Waals surface area contributed by atoms with Gasteiger partial charge in [-0.2, -0.15) is 0 Å². The number of amides is 1. The van der Waals surface area contributed by atoms with Crippen LogP contribution in [0.5, 0.6) is 5.88 Å². The topological polar surface area (TPSA) is 67.8 Å². The summed E-state index contributed by atoms with van der Waals surface area (Å²) in [6.45, 7) is 9.49. The highest BCUT2D eigenvalue weighted by molar-refractivity contribution is 5.77. The molecule has 1 aliphatic rings. The Morgan fingerprint density at radius 1 is 1.15 bits per heavy atom. The van der Waals surface area contributed by atoms with Gasteiger partial charge in [-0.3, -0.25) is 0 Å². The van der Waals surface area contributed by atoms with Crippen molar-refractivity contribution in [2.75, 3.05) is 31.6 Å². The van der Waals surface area contributed by atoms with Gasteiger partial charge < -0.3 is 19.3 Å². The lowest BCUT2D eigenvalue weighted by Gasteiger charge is -2.40. The number of methoxy groups -OCH3 is 1. The van der Waals surface area contributed by atoms with Gasteiger partial charge in [0.15, 0.2) is 5.82 Å². The zero-order valence-corrected chi connectivity index (χ0v) is 16.0. The summed E-state index contributed by atoms with van der Waals surface area (Å²) in [5.74, 6) is 1.21. The largest absolute Gasteiger partial charge is 0.478 e. The van der Waals surface area contributed by atoms with E-state index in [0.29, 0.717) is 31.3 Å². The van der Waals surface area contributed by atoms with E-state index in [1.807, 2.05) is 52.0 Å². The number of carbonyl (C=O) groups excluding carboxylic acids is 1. The molecule has 3 rings (SSSR count). The summed E-state index contributed by atoms with van der Waals surface area (Å²) in [4.78, 5) is 25.6. The predicted octanol–water partition coefficient (Wildman–Crippen LogP) is 3.08. The maximum atomic E-state index is 12.4. The Morgan fingerprint density at radius 2 is 1.81 bits per heavy atom. The fraction of sp³-hybridized carbons (Fsp3) is 0.526. The van der Waals surface area contributed by atoms with Gasteiger partial charge in [0.05, 0.1) is 18.1 Å². The molecule has 140 valence electrons. The summed E-state index contributed by atoms with van der Waals surface area (Å²) in [6, 6.07) is 7.72. The molecule has 0 saturated carbocycles. The normalized spacial score (nSPS) is 18.1. The van der Waals surface area contributed by atoms with E-state index in [1.54, 1.807) is 12.0 Å². The van der Waals surface area contributed by atoms with E-state index in [-0.39, 0.29) is 12.1 Å². The minimum absolute atomic E-state index is 0.00317. The van der Waals surface area contributed by atoms with Gasteiger partial charge in [0.2, 0.25) is 0 Å². The van der Waals surface area contributed by atoms with E-state index in [1.165, 1.54) is 0 Å². The number of ether oxygens (including phenoxy) is 2. The number of carbonyl (C=O) groups is 1. The molecule has 0 bridgehead atoms. The number of piperazine rings is 1. The lowest BCUT2D eigenvalue weighted by atomic mass is 10.2. The van der Waals surface area contributed by atoms with Crippen LogP contribution in [-0.4, -0.2) is 59.3 Å². The molecule has 2 heterocycles. The van der Waals surface area contributed by atoms with Crippen molar-refractivity contribution in [3.63, 3.8) is 0 Å². The molecule has 1 aromatic heterocycles. The van der Waals surface area contributed by atoms with Crippen LogP contribution in [0.3, 0.4) is 0 Å². The molecule has 0 radical (unpaired) electrons. The van der Waals surface area contributed by atoms with E-state index in [0.717, 1.165) is 11.0 Å². The first-order valence-corrected chi connectivity index (χ1v) is 8.84. The third kappa shape index (κ3) is 3.81. The van der Waals surface area contributed by atoms with E-state index < -0.39 is 5.60 Å². The molecule has 1 atom stereocenters. The maximum absolute atomic E-state index is 12.4. The minimum Gasteiger partial charge on any atom is -0.478 e. The second kappa shape index (κ2) is 6.97. The standard InChI is InChI=1S/C19H26N4O3/c1-13-12-22(10-11-23(13)18(24)26-19(2,3)4)16-17(25-5)21-15-9-7-6-8-14(15)20-16/h6-9,13H,10-12H2,1-5H3/t13-/m1/s1. The Kier molecular flexibility index (Phi) is 4.89. The van der Waals surface area contributed by atoms with Crippen LogP contribution in [0.1, 0.15) is 27.7 Å². The van der Waals surface area contributed by atoms with Crippen LogP contribution >= 0.6 is 0 Å². The fourth-order valence-corrected chi connectivity index (χ4v) is 3.06. The summed E-state index contributed by atoms with van der Waals surface area (Å²) in [7, 11) is 1.60. The fourth-order valence-electron chi connectivity index (χ4n) is 3.06. The van der Waals surface area contributed by atoms with Crippen molar-refractivity contribution in [1.29, 1.82) is 0 Å². The third-order valence-corrected chi connectivity index (χ3v) is 4.27. The first-order chi connectivity index (χ1) is 12.3. The van der Waals surface area contributed by atoms with Crippen LogP contribution in [0.15, 0.2) is 24.3 Å². The van der Waals surface area contributed by atoms with Crippen LogP contribution < -0.4 is 9.64 Å². The number of anilines is 1. The molecule has 0 spiro atoms. The van der Waals surface area contributed by atoms with Crippen LogP contribution in [0.25, 0.3) is 11.0 Å². The highest BCUT2D eigenvalue weighted by Gasteiger charge is 2.32. The maximum Gasteiger partial charge on any atom is 0.410 e. The lowest BCUT2D eigenvalue weighted by Crippen LogP contribution is -2.55. The average Bonchev–Trinajstić information content (AvgIpc) is 2.58. The van der Waals surface area contributed by atoms with Crippen molar-refractivity contribution in [3.05, 3.63) is 24.3 Å². The first kappa shape index (κ1) is 18.2. The minimum atomic E-state index is -0.499. The van der Waals surface area contributed by atoms with Crippen molar-refractivity contribution < 1.29 is 14.3 Å². The summed E-state index contributed by atoms with van der Waals surface area (Å²) in [6.07, 6.45) is -0.277. The van der Waals surface area contributed by atoms with Gasteiger partial charge in [-0.25, -0.2) is 14.8 Å². The number of aromatic nitrogens is 2. The van der Waals surface area contributed by atoms with Crippen LogP contribution in [0, 0.1) is 0 Å². The first-order valence-electron chi connectivity index (χ1n) is 8.84. The van der Waals surface area contributed by atoms with Crippen LogP contribution in [0.2, 0.25) is 0 Å². The molecule has 0 N–H and O–H groups in total. The second-order valence-corrected chi connectivity index (χ2v) is 7.51. The Morgan fingerprint density at radius 3 is 2.38 bits per heavy atom. The molecule has 1 fully saturated rings. The molecule has 26 heavy (non-hydrogen) atoms. The molecule has 1 aliphatic heterocycles. The summed E-state index contributed by atoms with van der Waals surface area (Å²) >= 11 is 0. The van der Waals surface area contributed by atoms with E-state index in [2.05, 4.69) is 9.88 Å². The van der Waals surface area contributed by atoms with Gasteiger partial charge in [-0.05, 0) is 39.8 Å². The van der Waals surface area contributed by atoms with E-state index in [4.69, 9.17) is 14.5 Å². The second-order valence-electron chi connectivity index (χ2n) is 7.51. The highest BCUT2D eigenvalue weighted by atomic mass is 16.6. The summed E-state index contributed by atoms with van der Waals surface area (Å²) in [5.41, 5.74) is 1.13. The van der Waals surface area contributed by atoms with E-state index >= 15 is 0 Å². The summed E-state index contributed by atoms with van der Waals surface area (Å²) in [5, 5.41) is 0. The molecular weight excluding hydrogens is 332 g/mol.